The zero-order valence-corrected chi connectivity index (χ0v) is 7.51. The van der Waals surface area contributed by atoms with Crippen molar-refractivity contribution < 1.29 is 4.79 Å². The van der Waals surface area contributed by atoms with E-state index < -0.39 is 0 Å². The molecule has 0 saturated carbocycles. The number of carbonyl (C=O) groups is 1. The second-order valence-corrected chi connectivity index (χ2v) is 2.71. The van der Waals surface area contributed by atoms with Crippen LogP contribution >= 0.6 is 11.6 Å². The predicted molar refractivity (Wildman–Crippen MR) is 50.4 cm³/mol. The van der Waals surface area contributed by atoms with Gasteiger partial charge in [0, 0.05) is 16.7 Å². The lowest BCUT2D eigenvalue weighted by Gasteiger charge is -1.97. The van der Waals surface area contributed by atoms with Crippen LogP contribution < -0.4 is 0 Å². The highest BCUT2D eigenvalue weighted by molar-refractivity contribution is 6.28. The Morgan fingerprint density at radius 1 is 1.33 bits per heavy atom. The number of allylic oxidation sites excluding steroid dienone is 1. The summed E-state index contributed by atoms with van der Waals surface area (Å²) in [4.78, 5) is 11.4. The number of ketones is 1. The molecular formula is C10H9ClO. The minimum Gasteiger partial charge on any atom is -0.289 e. The normalized spacial score (nSPS) is 11.3. The Bertz CT molecular complexity index is 301. The van der Waals surface area contributed by atoms with Crippen LogP contribution in [0.1, 0.15) is 17.3 Å². The summed E-state index contributed by atoms with van der Waals surface area (Å²) >= 11 is 5.41. The molecule has 62 valence electrons. The Morgan fingerprint density at radius 2 is 1.92 bits per heavy atom. The van der Waals surface area contributed by atoms with Gasteiger partial charge in [0.2, 0.25) is 0 Å². The molecule has 0 amide bonds. The minimum atomic E-state index is -0.0226. The molecule has 0 N–H and O–H groups in total. The maximum Gasteiger partial charge on any atom is 0.189 e. The van der Waals surface area contributed by atoms with E-state index in [1.165, 1.54) is 5.54 Å². The molecule has 1 aromatic carbocycles. The Kier molecular flexibility index (Phi) is 3.06. The van der Waals surface area contributed by atoms with Crippen molar-refractivity contribution in [2.45, 2.75) is 6.92 Å². The first-order chi connectivity index (χ1) is 5.75. The summed E-state index contributed by atoms with van der Waals surface area (Å²) < 4.78 is 0. The molecular weight excluding hydrogens is 172 g/mol. The van der Waals surface area contributed by atoms with Gasteiger partial charge in [-0.25, -0.2) is 0 Å². The highest BCUT2D eigenvalue weighted by atomic mass is 35.5. The van der Waals surface area contributed by atoms with Crippen LogP contribution in [-0.4, -0.2) is 5.78 Å². The van der Waals surface area contributed by atoms with Crippen molar-refractivity contribution in [3.63, 3.8) is 0 Å². The maximum atomic E-state index is 11.4. The molecule has 0 aliphatic carbocycles. The van der Waals surface area contributed by atoms with Gasteiger partial charge in [-0.15, -0.1) is 0 Å². The molecule has 0 heterocycles. The topological polar surface area (TPSA) is 17.1 Å². The molecule has 0 saturated heterocycles. The van der Waals surface area contributed by atoms with Crippen molar-refractivity contribution in [1.82, 2.24) is 0 Å². The Balaban J connectivity index is 2.94. The van der Waals surface area contributed by atoms with Crippen LogP contribution in [0.5, 0.6) is 0 Å². The molecule has 0 aliphatic heterocycles. The van der Waals surface area contributed by atoms with Gasteiger partial charge in [0.15, 0.2) is 5.78 Å². The quantitative estimate of drug-likeness (QED) is 0.505. The highest BCUT2D eigenvalue weighted by Crippen LogP contribution is 2.07. The monoisotopic (exact) mass is 180 g/mol. The fourth-order valence-electron chi connectivity index (χ4n) is 0.867. The first-order valence-corrected chi connectivity index (χ1v) is 4.06. The van der Waals surface area contributed by atoms with Crippen LogP contribution in [0.15, 0.2) is 41.4 Å². The van der Waals surface area contributed by atoms with E-state index in [-0.39, 0.29) is 5.78 Å². The number of benzene rings is 1. The van der Waals surface area contributed by atoms with Crippen LogP contribution in [0, 0.1) is 0 Å². The van der Waals surface area contributed by atoms with E-state index in [0.29, 0.717) is 11.1 Å². The standard InChI is InChI=1S/C10H9ClO/c1-8(7-11)10(12)9-5-3-2-4-6-9/h2-7H,1H3/b8-7+. The van der Waals surface area contributed by atoms with E-state index in [2.05, 4.69) is 0 Å². The van der Waals surface area contributed by atoms with E-state index in [0.717, 1.165) is 0 Å². The van der Waals surface area contributed by atoms with Crippen molar-refractivity contribution in [2.75, 3.05) is 0 Å². The fourth-order valence-corrected chi connectivity index (χ4v) is 0.966. The summed E-state index contributed by atoms with van der Waals surface area (Å²) in [5, 5.41) is 0. The molecule has 0 aromatic heterocycles. The van der Waals surface area contributed by atoms with Crippen LogP contribution in [0.4, 0.5) is 0 Å². The molecule has 2 heteroatoms. The van der Waals surface area contributed by atoms with Gasteiger partial charge in [-0.2, -0.15) is 0 Å². The summed E-state index contributed by atoms with van der Waals surface area (Å²) in [6.45, 7) is 1.70. The molecule has 0 bridgehead atoms. The molecule has 12 heavy (non-hydrogen) atoms. The summed E-state index contributed by atoms with van der Waals surface area (Å²) in [6, 6.07) is 9.07. The number of carbonyl (C=O) groups excluding carboxylic acids is 1. The SMILES string of the molecule is C/C(=C\Cl)C(=O)c1ccccc1. The van der Waals surface area contributed by atoms with Crippen molar-refractivity contribution in [3.8, 4) is 0 Å². The minimum absolute atomic E-state index is 0.0226. The zero-order valence-electron chi connectivity index (χ0n) is 6.75. The largest absolute Gasteiger partial charge is 0.289 e. The second-order valence-electron chi connectivity index (χ2n) is 2.49. The van der Waals surface area contributed by atoms with Crippen molar-refractivity contribution >= 4 is 17.4 Å². The van der Waals surface area contributed by atoms with E-state index in [9.17, 15) is 4.79 Å². The molecule has 0 atom stereocenters. The van der Waals surface area contributed by atoms with Gasteiger partial charge in [0.1, 0.15) is 0 Å². The number of hydrogen-bond donors (Lipinski definition) is 0. The fraction of sp³-hybridized carbons (Fsp3) is 0.100. The van der Waals surface area contributed by atoms with Gasteiger partial charge in [0.25, 0.3) is 0 Å². The van der Waals surface area contributed by atoms with Gasteiger partial charge in [-0.3, -0.25) is 4.79 Å². The third-order valence-electron chi connectivity index (χ3n) is 1.56. The zero-order chi connectivity index (χ0) is 8.97. The van der Waals surface area contributed by atoms with Gasteiger partial charge in [-0.05, 0) is 6.92 Å². The Morgan fingerprint density at radius 3 is 2.42 bits per heavy atom. The van der Waals surface area contributed by atoms with Gasteiger partial charge >= 0.3 is 0 Å². The summed E-state index contributed by atoms with van der Waals surface area (Å²) in [6.07, 6.45) is 0. The molecule has 0 radical (unpaired) electrons. The summed E-state index contributed by atoms with van der Waals surface area (Å²) in [7, 11) is 0. The van der Waals surface area contributed by atoms with Gasteiger partial charge in [-0.1, -0.05) is 41.9 Å². The van der Waals surface area contributed by atoms with Gasteiger partial charge in [0.05, 0.1) is 0 Å². The lowest BCUT2D eigenvalue weighted by atomic mass is 10.1. The van der Waals surface area contributed by atoms with Crippen LogP contribution in [0.3, 0.4) is 0 Å². The number of rotatable bonds is 2. The first-order valence-electron chi connectivity index (χ1n) is 3.62. The lowest BCUT2D eigenvalue weighted by molar-refractivity contribution is 0.103. The van der Waals surface area contributed by atoms with E-state index in [4.69, 9.17) is 11.6 Å². The summed E-state index contributed by atoms with van der Waals surface area (Å²) in [5.74, 6) is -0.0226. The molecule has 0 fully saturated rings. The third-order valence-corrected chi connectivity index (χ3v) is 1.89. The van der Waals surface area contributed by atoms with Gasteiger partial charge < -0.3 is 0 Å². The smallest absolute Gasteiger partial charge is 0.189 e. The first kappa shape index (κ1) is 9.01. The number of hydrogen-bond acceptors (Lipinski definition) is 1. The maximum absolute atomic E-state index is 11.4. The molecule has 0 aliphatic rings. The van der Waals surface area contributed by atoms with Crippen LogP contribution in [-0.2, 0) is 0 Å². The average molecular weight is 181 g/mol. The predicted octanol–water partition coefficient (Wildman–Crippen LogP) is 3.01. The molecule has 1 nitrogen and oxygen atoms in total. The van der Waals surface area contributed by atoms with E-state index in [1.54, 1.807) is 19.1 Å². The Hall–Kier alpha value is -1.08. The van der Waals surface area contributed by atoms with Crippen molar-refractivity contribution in [1.29, 1.82) is 0 Å². The van der Waals surface area contributed by atoms with E-state index >= 15 is 0 Å². The lowest BCUT2D eigenvalue weighted by Crippen LogP contribution is -1.98. The molecule has 1 aromatic rings. The molecule has 1 rings (SSSR count). The molecule has 0 unspecified atom stereocenters. The number of halogens is 1. The second kappa shape index (κ2) is 4.07. The Labute approximate surface area is 76.7 Å². The average Bonchev–Trinajstić information content (AvgIpc) is 2.17. The van der Waals surface area contributed by atoms with Crippen LogP contribution in [0.2, 0.25) is 0 Å². The third kappa shape index (κ3) is 1.95. The molecule has 0 spiro atoms. The van der Waals surface area contributed by atoms with Crippen molar-refractivity contribution in [3.05, 3.63) is 47.0 Å². The van der Waals surface area contributed by atoms with Crippen molar-refractivity contribution in [2.24, 2.45) is 0 Å². The van der Waals surface area contributed by atoms with E-state index in [1.807, 2.05) is 18.2 Å². The number of Topliss-reactive ketones (excluding diaryl/α,β-unsaturated/α-hetero) is 1. The highest BCUT2D eigenvalue weighted by Gasteiger charge is 2.05. The summed E-state index contributed by atoms with van der Waals surface area (Å²) in [5.41, 5.74) is 2.53. The van der Waals surface area contributed by atoms with Crippen LogP contribution in [0.25, 0.3) is 0 Å².